The normalized spacial score (nSPS) is 10.3. The van der Waals surface area contributed by atoms with E-state index in [1.165, 1.54) is 5.06 Å². The minimum Gasteiger partial charge on any atom is -0.382 e. The quantitative estimate of drug-likeness (QED) is 0.293. The predicted octanol–water partition coefficient (Wildman–Crippen LogP) is -0.305. The van der Waals surface area contributed by atoms with E-state index < -0.39 is 0 Å². The zero-order chi connectivity index (χ0) is 7.82. The fourth-order valence-corrected chi connectivity index (χ4v) is 0.434. The number of aldehydes is 1. The second-order valence-electron chi connectivity index (χ2n) is 1.80. The van der Waals surface area contributed by atoms with Crippen LogP contribution in [0.1, 0.15) is 0 Å². The summed E-state index contributed by atoms with van der Waals surface area (Å²) < 4.78 is 4.73. The molecule has 4 nitrogen and oxygen atoms in total. The molecule has 0 aliphatic heterocycles. The molecule has 0 amide bonds. The maximum absolute atomic E-state index is 9.90. The van der Waals surface area contributed by atoms with E-state index in [2.05, 4.69) is 0 Å². The standard InChI is InChI=1S/C6H13NO3/c1-7(3-4-8)10-6-5-9-2/h4H,3,5-6H2,1-2H3. The Balaban J connectivity index is 3.04. The van der Waals surface area contributed by atoms with Gasteiger partial charge in [0.25, 0.3) is 0 Å². The first-order chi connectivity index (χ1) is 4.81. The van der Waals surface area contributed by atoms with Crippen LogP contribution < -0.4 is 0 Å². The molecule has 0 saturated heterocycles. The lowest BCUT2D eigenvalue weighted by atomic mass is 10.7. The molecule has 0 N–H and O–H groups in total. The molecule has 0 fully saturated rings. The first kappa shape index (κ1) is 9.55. The zero-order valence-corrected chi connectivity index (χ0v) is 6.37. The lowest BCUT2D eigenvalue weighted by Gasteiger charge is -2.12. The molecule has 10 heavy (non-hydrogen) atoms. The second-order valence-corrected chi connectivity index (χ2v) is 1.80. The van der Waals surface area contributed by atoms with Gasteiger partial charge < -0.3 is 9.53 Å². The summed E-state index contributed by atoms with van der Waals surface area (Å²) in [6.07, 6.45) is 0.785. The van der Waals surface area contributed by atoms with Gasteiger partial charge in [0.05, 0.1) is 19.8 Å². The molecular formula is C6H13NO3. The average molecular weight is 147 g/mol. The third kappa shape index (κ3) is 5.68. The molecular weight excluding hydrogens is 134 g/mol. The molecule has 0 radical (unpaired) electrons. The van der Waals surface area contributed by atoms with Crippen molar-refractivity contribution in [2.75, 3.05) is 33.9 Å². The molecule has 0 rings (SSSR count). The molecule has 60 valence electrons. The summed E-state index contributed by atoms with van der Waals surface area (Å²) in [7, 11) is 3.30. The van der Waals surface area contributed by atoms with Crippen molar-refractivity contribution in [2.24, 2.45) is 0 Å². The van der Waals surface area contributed by atoms with Crippen molar-refractivity contribution in [1.29, 1.82) is 0 Å². The van der Waals surface area contributed by atoms with Crippen molar-refractivity contribution in [1.82, 2.24) is 5.06 Å². The lowest BCUT2D eigenvalue weighted by molar-refractivity contribution is -0.153. The van der Waals surface area contributed by atoms with Crippen LogP contribution in [-0.4, -0.2) is 45.3 Å². The lowest BCUT2D eigenvalue weighted by Crippen LogP contribution is -2.22. The van der Waals surface area contributed by atoms with E-state index in [0.29, 0.717) is 19.8 Å². The fourth-order valence-electron chi connectivity index (χ4n) is 0.434. The Labute approximate surface area is 60.7 Å². The number of methoxy groups -OCH3 is 1. The molecule has 0 aromatic heterocycles. The highest BCUT2D eigenvalue weighted by Crippen LogP contribution is 1.81. The third-order valence-corrected chi connectivity index (χ3v) is 0.931. The number of likely N-dealkylation sites (N-methyl/N-ethyl adjacent to an activating group) is 1. The van der Waals surface area contributed by atoms with Crippen LogP contribution in [0.4, 0.5) is 0 Å². The Hall–Kier alpha value is -0.450. The number of carbonyl (C=O) groups is 1. The average Bonchev–Trinajstić information content (AvgIpc) is 1.89. The van der Waals surface area contributed by atoms with Gasteiger partial charge >= 0.3 is 0 Å². The van der Waals surface area contributed by atoms with Crippen LogP contribution in [-0.2, 0) is 14.4 Å². The minimum absolute atomic E-state index is 0.295. The van der Waals surface area contributed by atoms with E-state index in [4.69, 9.17) is 9.57 Å². The first-order valence-corrected chi connectivity index (χ1v) is 3.08. The number of hydrogen-bond donors (Lipinski definition) is 0. The van der Waals surface area contributed by atoms with Crippen LogP contribution in [0.2, 0.25) is 0 Å². The van der Waals surface area contributed by atoms with Crippen LogP contribution in [0.5, 0.6) is 0 Å². The largest absolute Gasteiger partial charge is 0.382 e. The second kappa shape index (κ2) is 6.67. The Morgan fingerprint density at radius 2 is 2.20 bits per heavy atom. The van der Waals surface area contributed by atoms with Crippen LogP contribution in [0.15, 0.2) is 0 Å². The van der Waals surface area contributed by atoms with Crippen molar-refractivity contribution in [3.05, 3.63) is 0 Å². The Morgan fingerprint density at radius 3 is 2.70 bits per heavy atom. The number of nitrogens with zero attached hydrogens (tertiary/aromatic N) is 1. The van der Waals surface area contributed by atoms with E-state index in [-0.39, 0.29) is 0 Å². The molecule has 0 aromatic rings. The summed E-state index contributed by atoms with van der Waals surface area (Å²) in [6, 6.07) is 0. The molecule has 0 aliphatic carbocycles. The topological polar surface area (TPSA) is 38.8 Å². The molecule has 0 unspecified atom stereocenters. The molecule has 0 aliphatic rings. The van der Waals surface area contributed by atoms with Gasteiger partial charge in [0.15, 0.2) is 0 Å². The van der Waals surface area contributed by atoms with E-state index >= 15 is 0 Å². The number of hydrogen-bond acceptors (Lipinski definition) is 4. The maximum Gasteiger partial charge on any atom is 0.136 e. The molecule has 0 spiro atoms. The van der Waals surface area contributed by atoms with E-state index in [9.17, 15) is 4.79 Å². The molecule has 0 heterocycles. The van der Waals surface area contributed by atoms with Crippen LogP contribution >= 0.6 is 0 Å². The minimum atomic E-state index is 0.295. The predicted molar refractivity (Wildman–Crippen MR) is 36.5 cm³/mol. The monoisotopic (exact) mass is 147 g/mol. The van der Waals surface area contributed by atoms with Crippen molar-refractivity contribution >= 4 is 6.29 Å². The summed E-state index contributed by atoms with van der Waals surface area (Å²) in [5.74, 6) is 0. The number of ether oxygens (including phenoxy) is 1. The first-order valence-electron chi connectivity index (χ1n) is 3.08. The SMILES string of the molecule is COCCON(C)CC=O. The third-order valence-electron chi connectivity index (χ3n) is 0.931. The molecule has 4 heteroatoms. The van der Waals surface area contributed by atoms with Gasteiger partial charge in [-0.3, -0.25) is 4.84 Å². The summed E-state index contributed by atoms with van der Waals surface area (Å²) in [6.45, 7) is 1.33. The summed E-state index contributed by atoms with van der Waals surface area (Å²) in [5.41, 5.74) is 0. The molecule has 0 saturated carbocycles. The Kier molecular flexibility index (Phi) is 6.37. The van der Waals surface area contributed by atoms with E-state index in [1.54, 1.807) is 14.2 Å². The highest BCUT2D eigenvalue weighted by molar-refractivity contribution is 5.51. The zero-order valence-electron chi connectivity index (χ0n) is 6.37. The van der Waals surface area contributed by atoms with Gasteiger partial charge in [0, 0.05) is 14.2 Å². The van der Waals surface area contributed by atoms with Crippen LogP contribution in [0.3, 0.4) is 0 Å². The van der Waals surface area contributed by atoms with Gasteiger partial charge in [0.1, 0.15) is 6.29 Å². The number of rotatable bonds is 6. The maximum atomic E-state index is 9.90. The highest BCUT2D eigenvalue weighted by atomic mass is 16.7. The Morgan fingerprint density at radius 1 is 1.50 bits per heavy atom. The van der Waals surface area contributed by atoms with Crippen molar-refractivity contribution in [2.45, 2.75) is 0 Å². The van der Waals surface area contributed by atoms with Crippen LogP contribution in [0.25, 0.3) is 0 Å². The summed E-state index contributed by atoms with van der Waals surface area (Å²) in [5, 5.41) is 1.46. The van der Waals surface area contributed by atoms with Crippen molar-refractivity contribution < 1.29 is 14.4 Å². The van der Waals surface area contributed by atoms with Gasteiger partial charge in [-0.15, -0.1) is 0 Å². The van der Waals surface area contributed by atoms with Gasteiger partial charge in [0.2, 0.25) is 0 Å². The smallest absolute Gasteiger partial charge is 0.136 e. The van der Waals surface area contributed by atoms with Crippen molar-refractivity contribution in [3.63, 3.8) is 0 Å². The fraction of sp³-hybridized carbons (Fsp3) is 0.833. The number of carbonyl (C=O) groups excluding carboxylic acids is 1. The number of hydroxylamine groups is 2. The molecule has 0 bridgehead atoms. The summed E-state index contributed by atoms with van der Waals surface area (Å²) >= 11 is 0. The van der Waals surface area contributed by atoms with Gasteiger partial charge in [-0.1, -0.05) is 0 Å². The van der Waals surface area contributed by atoms with E-state index in [1.807, 2.05) is 0 Å². The molecule has 0 aromatic carbocycles. The highest BCUT2D eigenvalue weighted by Gasteiger charge is 1.94. The van der Waals surface area contributed by atoms with Crippen molar-refractivity contribution in [3.8, 4) is 0 Å². The van der Waals surface area contributed by atoms with E-state index in [0.717, 1.165) is 6.29 Å². The van der Waals surface area contributed by atoms with Gasteiger partial charge in [-0.2, -0.15) is 5.06 Å². The van der Waals surface area contributed by atoms with Gasteiger partial charge in [-0.25, -0.2) is 0 Å². The molecule has 0 atom stereocenters. The summed E-state index contributed by atoms with van der Waals surface area (Å²) in [4.78, 5) is 14.9. The van der Waals surface area contributed by atoms with Gasteiger partial charge in [-0.05, 0) is 0 Å². The van der Waals surface area contributed by atoms with Crippen LogP contribution in [0, 0.1) is 0 Å². The Bertz CT molecular complexity index is 87.1.